The van der Waals surface area contributed by atoms with Gasteiger partial charge in [0.25, 0.3) is 0 Å². The molecule has 0 bridgehead atoms. The fraction of sp³-hybridized carbons (Fsp3) is 0.357. The van der Waals surface area contributed by atoms with Crippen molar-refractivity contribution in [1.82, 2.24) is 14.5 Å². The van der Waals surface area contributed by atoms with E-state index >= 15 is 0 Å². The zero-order chi connectivity index (χ0) is 17.4. The summed E-state index contributed by atoms with van der Waals surface area (Å²) in [4.78, 5) is -0.115. The van der Waals surface area contributed by atoms with Gasteiger partial charge in [-0.2, -0.15) is 5.10 Å². The van der Waals surface area contributed by atoms with E-state index < -0.39 is 22.1 Å². The van der Waals surface area contributed by atoms with E-state index in [1.165, 1.54) is 0 Å². The van der Waals surface area contributed by atoms with Gasteiger partial charge in [0.15, 0.2) is 0 Å². The van der Waals surface area contributed by atoms with E-state index in [-0.39, 0.29) is 10.9 Å². The zero-order valence-electron chi connectivity index (χ0n) is 12.3. The van der Waals surface area contributed by atoms with Crippen molar-refractivity contribution in [2.45, 2.75) is 36.7 Å². The highest BCUT2D eigenvalue weighted by molar-refractivity contribution is 7.89. The second-order valence-corrected chi connectivity index (χ2v) is 7.09. The van der Waals surface area contributed by atoms with Gasteiger partial charge in [0, 0.05) is 30.9 Å². The Morgan fingerprint density at radius 2 is 1.92 bits per heavy atom. The summed E-state index contributed by atoms with van der Waals surface area (Å²) >= 11 is 0. The van der Waals surface area contributed by atoms with Crippen LogP contribution in [-0.2, 0) is 23.0 Å². The number of rotatable bonds is 4. The summed E-state index contributed by atoms with van der Waals surface area (Å²) in [6, 6.07) is 5.64. The number of nitrogens with zero attached hydrogens (tertiary/aromatic N) is 2. The number of benzene rings is 1. The molecule has 0 amide bonds. The van der Waals surface area contributed by atoms with Crippen molar-refractivity contribution in [1.29, 1.82) is 0 Å². The van der Waals surface area contributed by atoms with Crippen molar-refractivity contribution in [3.8, 4) is 5.75 Å². The summed E-state index contributed by atoms with van der Waals surface area (Å²) < 4.78 is 69.2. The van der Waals surface area contributed by atoms with Crippen molar-refractivity contribution >= 4 is 10.0 Å². The summed E-state index contributed by atoms with van der Waals surface area (Å²) in [6.07, 6.45) is -2.06. The van der Waals surface area contributed by atoms with Crippen molar-refractivity contribution in [2.24, 2.45) is 0 Å². The van der Waals surface area contributed by atoms with Crippen LogP contribution in [0.2, 0.25) is 0 Å². The molecular formula is C14H14F3N3O3S. The largest absolute Gasteiger partial charge is 0.573 e. The zero-order valence-corrected chi connectivity index (χ0v) is 13.1. The first-order valence-electron chi connectivity index (χ1n) is 7.12. The molecule has 1 aromatic carbocycles. The Bertz CT molecular complexity index is 816. The maximum Gasteiger partial charge on any atom is 0.573 e. The molecule has 24 heavy (non-hydrogen) atoms. The molecule has 0 saturated heterocycles. The minimum absolute atomic E-state index is 0.115. The van der Waals surface area contributed by atoms with E-state index in [2.05, 4.69) is 14.6 Å². The van der Waals surface area contributed by atoms with Gasteiger partial charge in [-0.1, -0.05) is 0 Å². The lowest BCUT2D eigenvalue weighted by Crippen LogP contribution is -2.40. The molecule has 1 aliphatic heterocycles. The van der Waals surface area contributed by atoms with E-state index in [1.54, 1.807) is 6.20 Å². The van der Waals surface area contributed by atoms with Crippen LogP contribution in [0.1, 0.15) is 12.1 Å². The molecule has 6 nitrogen and oxygen atoms in total. The van der Waals surface area contributed by atoms with E-state index in [9.17, 15) is 21.6 Å². The third kappa shape index (κ3) is 3.88. The van der Waals surface area contributed by atoms with Gasteiger partial charge in [0.1, 0.15) is 5.75 Å². The number of hydrogen-bond donors (Lipinski definition) is 1. The molecule has 2 heterocycles. The number of aryl methyl sites for hydroxylation is 1. The van der Waals surface area contributed by atoms with Crippen molar-refractivity contribution in [3.05, 3.63) is 42.2 Å². The molecule has 0 spiro atoms. The van der Waals surface area contributed by atoms with E-state index in [0.29, 0.717) is 19.4 Å². The summed E-state index contributed by atoms with van der Waals surface area (Å²) in [5, 5.41) is 4.12. The second-order valence-electron chi connectivity index (χ2n) is 5.38. The number of alkyl halides is 3. The molecule has 2 aromatic rings. The van der Waals surface area contributed by atoms with Gasteiger partial charge in [-0.25, -0.2) is 13.1 Å². The highest BCUT2D eigenvalue weighted by atomic mass is 32.2. The lowest BCUT2D eigenvalue weighted by atomic mass is 10.1. The Labute approximate surface area is 136 Å². The van der Waals surface area contributed by atoms with Gasteiger partial charge >= 0.3 is 6.36 Å². The maximum absolute atomic E-state index is 12.4. The van der Waals surface area contributed by atoms with Crippen molar-refractivity contribution < 1.29 is 26.3 Å². The van der Waals surface area contributed by atoms with E-state index in [4.69, 9.17) is 0 Å². The molecule has 1 N–H and O–H groups in total. The van der Waals surface area contributed by atoms with Gasteiger partial charge < -0.3 is 4.74 Å². The molecule has 0 aliphatic carbocycles. The molecule has 10 heteroatoms. The first kappa shape index (κ1) is 16.8. The average Bonchev–Trinajstić information content (AvgIpc) is 2.93. The molecule has 0 fully saturated rings. The number of halogens is 3. The number of hydrogen-bond acceptors (Lipinski definition) is 4. The highest BCUT2D eigenvalue weighted by Gasteiger charge is 2.31. The smallest absolute Gasteiger partial charge is 0.406 e. The quantitative estimate of drug-likeness (QED) is 0.905. The minimum Gasteiger partial charge on any atom is -0.406 e. The third-order valence-corrected chi connectivity index (χ3v) is 5.18. The predicted molar refractivity (Wildman–Crippen MR) is 77.8 cm³/mol. The van der Waals surface area contributed by atoms with E-state index in [0.717, 1.165) is 30.0 Å². The molecule has 1 unspecified atom stereocenters. The first-order chi connectivity index (χ1) is 11.2. The number of fused-ring (bicyclic) bond motifs is 1. The standard InChI is InChI=1S/C14H14F3N3O3S/c15-14(16,17)23-12-1-3-13(4-2-12)24(21,22)19-10-6-8-20-11(9-10)5-7-18-20/h1-5,7,10,19H,6,8-9H2. The van der Waals surface area contributed by atoms with Crippen LogP contribution in [0.25, 0.3) is 0 Å². The molecule has 3 rings (SSSR count). The molecule has 1 aromatic heterocycles. The second kappa shape index (κ2) is 6.10. The summed E-state index contributed by atoms with van der Waals surface area (Å²) in [7, 11) is -3.82. The van der Waals surface area contributed by atoms with Gasteiger partial charge in [-0.15, -0.1) is 13.2 Å². The molecular weight excluding hydrogens is 347 g/mol. The fourth-order valence-electron chi connectivity index (χ4n) is 2.58. The molecule has 0 radical (unpaired) electrons. The van der Waals surface area contributed by atoms with Crippen LogP contribution in [0.15, 0.2) is 41.4 Å². The predicted octanol–water partition coefficient (Wildman–Crippen LogP) is 2.07. The first-order valence-corrected chi connectivity index (χ1v) is 8.60. The minimum atomic E-state index is -4.82. The Morgan fingerprint density at radius 1 is 1.21 bits per heavy atom. The topological polar surface area (TPSA) is 73.2 Å². The van der Waals surface area contributed by atoms with Crippen LogP contribution in [0.5, 0.6) is 5.75 Å². The SMILES string of the molecule is O=S(=O)(NC1CCn2nccc2C1)c1ccc(OC(F)(F)F)cc1. The lowest BCUT2D eigenvalue weighted by molar-refractivity contribution is -0.274. The van der Waals surface area contributed by atoms with Gasteiger partial charge in [0.2, 0.25) is 10.0 Å². The Balaban J connectivity index is 1.69. The molecule has 130 valence electrons. The highest BCUT2D eigenvalue weighted by Crippen LogP contribution is 2.24. The maximum atomic E-state index is 12.4. The van der Waals surface area contributed by atoms with Crippen molar-refractivity contribution in [2.75, 3.05) is 0 Å². The Kier molecular flexibility index (Phi) is 4.26. The Morgan fingerprint density at radius 3 is 2.58 bits per heavy atom. The number of sulfonamides is 1. The van der Waals surface area contributed by atoms with Crippen LogP contribution < -0.4 is 9.46 Å². The molecule has 0 saturated carbocycles. The van der Waals surface area contributed by atoms with Crippen LogP contribution >= 0.6 is 0 Å². The van der Waals surface area contributed by atoms with Gasteiger partial charge in [-0.3, -0.25) is 4.68 Å². The Hall–Kier alpha value is -2.07. The van der Waals surface area contributed by atoms with Crippen molar-refractivity contribution in [3.63, 3.8) is 0 Å². The van der Waals surface area contributed by atoms with Gasteiger partial charge in [0.05, 0.1) is 4.90 Å². The van der Waals surface area contributed by atoms with Crippen LogP contribution in [0, 0.1) is 0 Å². The monoisotopic (exact) mass is 361 g/mol. The summed E-state index contributed by atoms with van der Waals surface area (Å²) in [6.45, 7) is 0.605. The van der Waals surface area contributed by atoms with Gasteiger partial charge in [-0.05, 0) is 36.8 Å². The molecule has 1 atom stereocenters. The number of nitrogens with one attached hydrogen (secondary N) is 1. The number of ether oxygens (including phenoxy) is 1. The van der Waals surface area contributed by atoms with Crippen LogP contribution in [0.3, 0.4) is 0 Å². The van der Waals surface area contributed by atoms with E-state index in [1.807, 2.05) is 10.7 Å². The molecule has 1 aliphatic rings. The number of aromatic nitrogens is 2. The average molecular weight is 361 g/mol. The van der Waals surface area contributed by atoms with Crippen LogP contribution in [-0.4, -0.2) is 30.6 Å². The fourth-order valence-corrected chi connectivity index (χ4v) is 3.85. The third-order valence-electron chi connectivity index (χ3n) is 3.64. The van der Waals surface area contributed by atoms with Crippen LogP contribution in [0.4, 0.5) is 13.2 Å². The summed E-state index contributed by atoms with van der Waals surface area (Å²) in [5.74, 6) is -0.469. The lowest BCUT2D eigenvalue weighted by Gasteiger charge is -2.24. The summed E-state index contributed by atoms with van der Waals surface area (Å²) in [5.41, 5.74) is 0.933. The normalized spacial score (nSPS) is 18.2.